The van der Waals surface area contributed by atoms with Crippen LogP contribution in [0.5, 0.6) is 0 Å². The fourth-order valence-electron chi connectivity index (χ4n) is 2.56. The summed E-state index contributed by atoms with van der Waals surface area (Å²) in [6, 6.07) is 6.18. The van der Waals surface area contributed by atoms with Crippen LogP contribution in [-0.4, -0.2) is 23.5 Å². The molecule has 1 aliphatic rings. The van der Waals surface area contributed by atoms with Crippen molar-refractivity contribution in [3.05, 3.63) is 47.3 Å². The second kappa shape index (κ2) is 6.40. The summed E-state index contributed by atoms with van der Waals surface area (Å²) >= 11 is 0. The first-order valence-electron chi connectivity index (χ1n) is 7.70. The van der Waals surface area contributed by atoms with Crippen LogP contribution >= 0.6 is 0 Å². The SMILES string of the molecule is CCOC(=O)c1ccoc1CN(Cc1ccc(C)o1)C1CC1. The fraction of sp³-hybridized carbons (Fsp3) is 0.471. The molecule has 0 amide bonds. The van der Waals surface area contributed by atoms with Gasteiger partial charge in [0, 0.05) is 6.04 Å². The molecule has 0 atom stereocenters. The number of ether oxygens (including phenoxy) is 1. The molecule has 5 heteroatoms. The van der Waals surface area contributed by atoms with Crippen LogP contribution in [0.15, 0.2) is 33.3 Å². The number of rotatable bonds is 7. The van der Waals surface area contributed by atoms with Gasteiger partial charge in [0.15, 0.2) is 0 Å². The molecule has 0 spiro atoms. The molecular formula is C17H21NO4. The summed E-state index contributed by atoms with van der Waals surface area (Å²) in [7, 11) is 0. The van der Waals surface area contributed by atoms with E-state index in [4.69, 9.17) is 13.6 Å². The highest BCUT2D eigenvalue weighted by Crippen LogP contribution is 2.31. The summed E-state index contributed by atoms with van der Waals surface area (Å²) in [6.45, 7) is 5.41. The molecule has 0 aliphatic heterocycles. The van der Waals surface area contributed by atoms with Crippen molar-refractivity contribution < 1.29 is 18.4 Å². The predicted molar refractivity (Wildman–Crippen MR) is 80.4 cm³/mol. The van der Waals surface area contributed by atoms with E-state index in [0.717, 1.165) is 18.1 Å². The molecule has 2 aromatic heterocycles. The molecule has 2 aromatic rings. The first-order chi connectivity index (χ1) is 10.7. The minimum atomic E-state index is -0.323. The third-order valence-corrected chi connectivity index (χ3v) is 3.81. The van der Waals surface area contributed by atoms with Crippen molar-refractivity contribution in [2.45, 2.75) is 45.8 Å². The maximum Gasteiger partial charge on any atom is 0.341 e. The van der Waals surface area contributed by atoms with Gasteiger partial charge in [-0.2, -0.15) is 0 Å². The van der Waals surface area contributed by atoms with Crippen molar-refractivity contribution in [3.63, 3.8) is 0 Å². The van der Waals surface area contributed by atoms with Gasteiger partial charge in [-0.05, 0) is 44.9 Å². The standard InChI is InChI=1S/C17H21NO4/c1-3-20-17(19)15-8-9-21-16(15)11-18(13-5-6-13)10-14-7-4-12(2)22-14/h4,7-9,13H,3,5-6,10-11H2,1-2H3. The van der Waals surface area contributed by atoms with Crippen LogP contribution in [0.3, 0.4) is 0 Å². The lowest BCUT2D eigenvalue weighted by Crippen LogP contribution is -2.25. The van der Waals surface area contributed by atoms with Crippen LogP contribution in [0.2, 0.25) is 0 Å². The Morgan fingerprint density at radius 2 is 2.14 bits per heavy atom. The minimum Gasteiger partial charge on any atom is -0.467 e. The number of carbonyl (C=O) groups excluding carboxylic acids is 1. The molecule has 0 radical (unpaired) electrons. The number of hydrogen-bond donors (Lipinski definition) is 0. The highest BCUT2D eigenvalue weighted by atomic mass is 16.5. The molecule has 1 aliphatic carbocycles. The van der Waals surface area contributed by atoms with Crippen LogP contribution in [0, 0.1) is 6.92 Å². The van der Waals surface area contributed by atoms with Gasteiger partial charge in [-0.1, -0.05) is 0 Å². The molecule has 1 fully saturated rings. The van der Waals surface area contributed by atoms with Crippen LogP contribution in [0.25, 0.3) is 0 Å². The lowest BCUT2D eigenvalue weighted by molar-refractivity contribution is 0.0521. The number of furan rings is 2. The zero-order chi connectivity index (χ0) is 15.5. The molecule has 5 nitrogen and oxygen atoms in total. The van der Waals surface area contributed by atoms with Gasteiger partial charge in [-0.3, -0.25) is 4.90 Å². The molecular weight excluding hydrogens is 282 g/mol. The van der Waals surface area contributed by atoms with E-state index < -0.39 is 0 Å². The lowest BCUT2D eigenvalue weighted by Gasteiger charge is -2.20. The van der Waals surface area contributed by atoms with Gasteiger partial charge in [-0.15, -0.1) is 0 Å². The van der Waals surface area contributed by atoms with Crippen LogP contribution in [0.4, 0.5) is 0 Å². The van der Waals surface area contributed by atoms with Gasteiger partial charge >= 0.3 is 5.97 Å². The summed E-state index contributed by atoms with van der Waals surface area (Å²) < 4.78 is 16.2. The highest BCUT2D eigenvalue weighted by molar-refractivity contribution is 5.90. The summed E-state index contributed by atoms with van der Waals surface area (Å²) in [5.74, 6) is 2.19. The average molecular weight is 303 g/mol. The van der Waals surface area contributed by atoms with Crippen LogP contribution < -0.4 is 0 Å². The Morgan fingerprint density at radius 3 is 2.77 bits per heavy atom. The van der Waals surface area contributed by atoms with Crippen molar-refractivity contribution in [2.75, 3.05) is 6.61 Å². The number of carbonyl (C=O) groups is 1. The lowest BCUT2D eigenvalue weighted by atomic mass is 10.2. The highest BCUT2D eigenvalue weighted by Gasteiger charge is 2.31. The predicted octanol–water partition coefficient (Wildman–Crippen LogP) is 3.52. The fourth-order valence-corrected chi connectivity index (χ4v) is 2.56. The van der Waals surface area contributed by atoms with E-state index in [9.17, 15) is 4.79 Å². The molecule has 0 aromatic carbocycles. The van der Waals surface area contributed by atoms with Gasteiger partial charge in [0.05, 0.1) is 26.0 Å². The molecule has 22 heavy (non-hydrogen) atoms. The number of aryl methyl sites for hydroxylation is 1. The Kier molecular flexibility index (Phi) is 4.34. The van der Waals surface area contributed by atoms with Crippen LogP contribution in [-0.2, 0) is 17.8 Å². The Morgan fingerprint density at radius 1 is 1.32 bits per heavy atom. The zero-order valence-corrected chi connectivity index (χ0v) is 13.0. The summed E-state index contributed by atoms with van der Waals surface area (Å²) in [5.41, 5.74) is 0.517. The van der Waals surface area contributed by atoms with Crippen molar-refractivity contribution in [2.24, 2.45) is 0 Å². The average Bonchev–Trinajstić information content (AvgIpc) is 3.10. The van der Waals surface area contributed by atoms with Gasteiger partial charge in [0.25, 0.3) is 0 Å². The van der Waals surface area contributed by atoms with Gasteiger partial charge in [0.1, 0.15) is 22.8 Å². The third kappa shape index (κ3) is 3.42. The molecule has 0 N–H and O–H groups in total. The summed E-state index contributed by atoms with van der Waals surface area (Å²) in [5, 5.41) is 0. The van der Waals surface area contributed by atoms with E-state index in [-0.39, 0.29) is 5.97 Å². The maximum atomic E-state index is 11.9. The quantitative estimate of drug-likeness (QED) is 0.732. The first-order valence-corrected chi connectivity index (χ1v) is 7.70. The first kappa shape index (κ1) is 14.9. The molecule has 3 rings (SSSR count). The molecule has 1 saturated carbocycles. The largest absolute Gasteiger partial charge is 0.467 e. The minimum absolute atomic E-state index is 0.323. The molecule has 118 valence electrons. The van der Waals surface area contributed by atoms with Crippen molar-refractivity contribution in [1.82, 2.24) is 4.90 Å². The van der Waals surface area contributed by atoms with Gasteiger partial charge < -0.3 is 13.6 Å². The Labute approximate surface area is 129 Å². The van der Waals surface area contributed by atoms with E-state index in [1.54, 1.807) is 19.3 Å². The van der Waals surface area contributed by atoms with Crippen LogP contribution in [0.1, 0.15) is 47.4 Å². The number of hydrogen-bond acceptors (Lipinski definition) is 5. The molecule has 2 heterocycles. The van der Waals surface area contributed by atoms with E-state index in [0.29, 0.717) is 30.5 Å². The Balaban J connectivity index is 1.72. The zero-order valence-electron chi connectivity index (χ0n) is 13.0. The summed E-state index contributed by atoms with van der Waals surface area (Å²) in [4.78, 5) is 14.2. The molecule has 0 bridgehead atoms. The third-order valence-electron chi connectivity index (χ3n) is 3.81. The Hall–Kier alpha value is -2.01. The number of esters is 1. The van der Waals surface area contributed by atoms with Gasteiger partial charge in [-0.25, -0.2) is 4.79 Å². The monoisotopic (exact) mass is 303 g/mol. The molecule has 0 saturated heterocycles. The number of nitrogens with zero attached hydrogens (tertiary/aromatic N) is 1. The maximum absolute atomic E-state index is 11.9. The summed E-state index contributed by atoms with van der Waals surface area (Å²) in [6.07, 6.45) is 3.90. The van der Waals surface area contributed by atoms with E-state index in [2.05, 4.69) is 4.90 Å². The molecule has 0 unspecified atom stereocenters. The van der Waals surface area contributed by atoms with E-state index >= 15 is 0 Å². The Bertz CT molecular complexity index is 639. The topological polar surface area (TPSA) is 55.8 Å². The second-order valence-corrected chi connectivity index (χ2v) is 5.63. The van der Waals surface area contributed by atoms with Gasteiger partial charge in [0.2, 0.25) is 0 Å². The van der Waals surface area contributed by atoms with Crippen molar-refractivity contribution in [1.29, 1.82) is 0 Å². The van der Waals surface area contributed by atoms with E-state index in [1.165, 1.54) is 12.8 Å². The van der Waals surface area contributed by atoms with Crippen molar-refractivity contribution in [3.8, 4) is 0 Å². The second-order valence-electron chi connectivity index (χ2n) is 5.63. The van der Waals surface area contributed by atoms with E-state index in [1.807, 2.05) is 19.1 Å². The van der Waals surface area contributed by atoms with Crippen molar-refractivity contribution >= 4 is 5.97 Å². The normalized spacial score (nSPS) is 14.5. The smallest absolute Gasteiger partial charge is 0.341 e.